The van der Waals surface area contributed by atoms with E-state index in [-0.39, 0.29) is 77.7 Å². The third kappa shape index (κ3) is 37.6. The summed E-state index contributed by atoms with van der Waals surface area (Å²) in [4.78, 5) is 123. The van der Waals surface area contributed by atoms with Gasteiger partial charge in [0, 0.05) is 46.6 Å². The number of hydrogen-bond donors (Lipinski definition) is 0. The third-order valence-electron chi connectivity index (χ3n) is 19.7. The first-order valence-corrected chi connectivity index (χ1v) is 43.2. The second-order valence-electron chi connectivity index (χ2n) is 28.5. The third-order valence-corrected chi connectivity index (χ3v) is 21.7. The van der Waals surface area contributed by atoms with E-state index in [2.05, 4.69) is 44.5 Å². The number of aromatic nitrogens is 1. The number of nitrogens with zero attached hydrogens (tertiary/aromatic N) is 1. The number of unbranched alkanes of at least 4 members (excludes halogenated alkanes) is 8. The summed E-state index contributed by atoms with van der Waals surface area (Å²) in [6, 6.07) is 44.0. The number of carbonyl (C=O) groups is 10. The van der Waals surface area contributed by atoms with E-state index in [9.17, 15) is 47.9 Å². The summed E-state index contributed by atoms with van der Waals surface area (Å²) in [6.45, 7) is 20.0. The summed E-state index contributed by atoms with van der Waals surface area (Å²) in [7, 11) is 6.40. The molecule has 27 heteroatoms. The molecule has 2 aliphatic carbocycles. The van der Waals surface area contributed by atoms with Crippen LogP contribution in [0.25, 0.3) is 31.2 Å². The maximum atomic E-state index is 13.2. The summed E-state index contributed by atoms with van der Waals surface area (Å²) >= 11 is 3.07. The van der Waals surface area contributed by atoms with Crippen molar-refractivity contribution in [3.8, 4) is 67.0 Å². The van der Waals surface area contributed by atoms with E-state index >= 15 is 0 Å². The Balaban J connectivity index is 0.000000255. The minimum absolute atomic E-state index is 0.0181. The Morgan fingerprint density at radius 3 is 1.01 bits per heavy atom. The van der Waals surface area contributed by atoms with Crippen molar-refractivity contribution in [2.45, 2.75) is 142 Å². The van der Waals surface area contributed by atoms with E-state index in [0.29, 0.717) is 155 Å². The molecule has 2 heterocycles. The molecule has 124 heavy (non-hydrogen) atoms. The van der Waals surface area contributed by atoms with Crippen molar-refractivity contribution in [1.82, 2.24) is 4.98 Å². The number of thiazole rings is 1. The number of carbonyl (C=O) groups excluding carboxylic acids is 10. The molecule has 2 aromatic heterocycles. The van der Waals surface area contributed by atoms with Crippen LogP contribution >= 0.6 is 22.7 Å². The van der Waals surface area contributed by atoms with E-state index in [1.54, 1.807) is 114 Å². The fourth-order valence-corrected chi connectivity index (χ4v) is 14.2. The minimum Gasteiger partial charge on any atom is -0.497 e. The molecular formula is C97H115NO24S2. The second-order valence-corrected chi connectivity index (χ2v) is 30.4. The Labute approximate surface area is 734 Å². The fourth-order valence-electron chi connectivity index (χ4n) is 12.4. The number of fused-ring (bicyclic) bond motifs is 1. The summed E-state index contributed by atoms with van der Waals surface area (Å²) in [6.07, 6.45) is 20.1. The van der Waals surface area contributed by atoms with Crippen LogP contribution in [-0.2, 0) is 66.8 Å². The number of ketones is 2. The van der Waals surface area contributed by atoms with Gasteiger partial charge in [0.25, 0.3) is 0 Å². The molecule has 8 aromatic rings. The lowest BCUT2D eigenvalue weighted by Gasteiger charge is -2.25. The molecule has 6 aromatic carbocycles. The van der Waals surface area contributed by atoms with Crippen molar-refractivity contribution >= 4 is 92.2 Å². The number of Topliss-reactive ketones (excluding diaryl/α,β-unsaturated/α-hetero) is 2. The average Bonchev–Trinajstić information content (AvgIpc) is 1.62. The molecule has 0 aliphatic heterocycles. The number of methoxy groups -OCH3 is 4. The molecule has 0 radical (unpaired) electrons. The highest BCUT2D eigenvalue weighted by Crippen LogP contribution is 2.43. The van der Waals surface area contributed by atoms with Crippen LogP contribution in [-0.4, -0.2) is 146 Å². The highest BCUT2D eigenvalue weighted by Gasteiger charge is 2.33. The predicted molar refractivity (Wildman–Crippen MR) is 475 cm³/mol. The van der Waals surface area contributed by atoms with Gasteiger partial charge in [-0.25, -0.2) is 33.8 Å². The normalized spacial score (nSPS) is 14.1. The number of esters is 8. The van der Waals surface area contributed by atoms with Gasteiger partial charge in [-0.1, -0.05) is 56.6 Å². The number of benzene rings is 6. The van der Waals surface area contributed by atoms with Gasteiger partial charge in [-0.15, -0.1) is 22.7 Å². The molecule has 2 fully saturated rings. The van der Waals surface area contributed by atoms with Gasteiger partial charge >= 0.3 is 47.8 Å². The van der Waals surface area contributed by atoms with E-state index in [1.165, 1.54) is 22.3 Å². The predicted octanol–water partition coefficient (Wildman–Crippen LogP) is 19.7. The molecule has 0 amide bonds. The smallest absolute Gasteiger partial charge is 0.338 e. The van der Waals surface area contributed by atoms with Gasteiger partial charge in [-0.2, -0.15) is 0 Å². The van der Waals surface area contributed by atoms with Crippen LogP contribution < -0.4 is 37.9 Å². The first kappa shape index (κ1) is 101. The lowest BCUT2D eigenvalue weighted by Crippen LogP contribution is -2.28. The Morgan fingerprint density at radius 1 is 0.355 bits per heavy atom. The van der Waals surface area contributed by atoms with Crippen LogP contribution in [0.15, 0.2) is 202 Å². The lowest BCUT2D eigenvalue weighted by atomic mass is 9.80. The molecule has 0 N–H and O–H groups in total. The van der Waals surface area contributed by atoms with Gasteiger partial charge in [0.05, 0.1) is 104 Å². The standard InChI is InChI=1S/C35H35NO6S2.C17H22O5.C16H22O4.C15H18O5.C14H18O4/c1-20(37)22-5-13-26(14-6-22)34(39)41-28-17-18-29(42-35(40)27-15-7-23(8-16-27)21(2)38)32-31(28)36-33(44-32)25-11-9-24(10-12-25)30-4-3-19-43-30;1-3-16(18)21-12-6-4-5-7-13-22-17(19)14-8-10-15(20-2)11-9-14;1-3-16(17)20-13-7-5-4-6-12-19-15-10-8-14(18-2)9-11-15;1-3-14(16)19-10-4-5-11-20-15(17)12-6-8-13(18-2)9-7-12;1-3-14(15)18-11-5-4-10-17-13-8-6-12(16-2)7-9-13/h3-4,9-12,17-19,22-23,26-27H,5-8,13-16H2,1-2H3;3,8-11H,1,4-7,12-13H2,2H3;3,8-11H,1,4-7,12-13H2,2H3;3,6-9H,1,4-5,10-11H2,2H3;3,6-9H,1,4-5,10-11H2,2H3. The summed E-state index contributed by atoms with van der Waals surface area (Å²) in [5.74, 6) is 2.33. The SMILES string of the molecule is C=CC(=O)OCCCCCCOC(=O)c1ccc(OC)cc1.C=CC(=O)OCCCCCCOc1ccc(OC)cc1.C=CC(=O)OCCCCOC(=O)c1ccc(OC)cc1.C=CC(=O)OCCCCOc1ccc(OC)cc1.CC(=O)C1CCC(C(=O)Oc2ccc(OC(=O)C3CCC(C(C)=O)CC3)c3sc(-c4ccc(-c5cccs5)cc4)nc23)CC1. The largest absolute Gasteiger partial charge is 0.497 e. The zero-order chi connectivity index (χ0) is 89.6. The van der Waals surface area contributed by atoms with Crippen molar-refractivity contribution in [3.05, 3.63) is 213 Å². The van der Waals surface area contributed by atoms with Crippen molar-refractivity contribution in [1.29, 1.82) is 0 Å². The maximum absolute atomic E-state index is 13.2. The van der Waals surface area contributed by atoms with Crippen LogP contribution in [0.3, 0.4) is 0 Å². The zero-order valence-corrected chi connectivity index (χ0v) is 73.4. The molecule has 10 rings (SSSR count). The van der Waals surface area contributed by atoms with Gasteiger partial charge in [-0.3, -0.25) is 19.2 Å². The molecule has 2 aliphatic rings. The zero-order valence-electron chi connectivity index (χ0n) is 71.7. The van der Waals surface area contributed by atoms with Crippen LogP contribution in [0.2, 0.25) is 0 Å². The first-order valence-electron chi connectivity index (χ1n) is 41.5. The molecule has 0 spiro atoms. The fraction of sp³-hybridized carbons (Fsp3) is 0.392. The average molecular weight is 1740 g/mol. The molecule has 664 valence electrons. The van der Waals surface area contributed by atoms with E-state index in [1.807, 2.05) is 72.1 Å². The van der Waals surface area contributed by atoms with Gasteiger partial charge < -0.3 is 66.3 Å². The number of rotatable bonds is 44. The highest BCUT2D eigenvalue weighted by atomic mass is 32.1. The summed E-state index contributed by atoms with van der Waals surface area (Å²) in [5.41, 5.74) is 3.49. The lowest BCUT2D eigenvalue weighted by molar-refractivity contribution is -0.141. The van der Waals surface area contributed by atoms with Crippen LogP contribution in [0.4, 0.5) is 0 Å². The Bertz CT molecular complexity index is 4530. The van der Waals surface area contributed by atoms with E-state index in [0.717, 1.165) is 122 Å². The van der Waals surface area contributed by atoms with Crippen molar-refractivity contribution in [2.24, 2.45) is 23.7 Å². The van der Waals surface area contributed by atoms with Crippen LogP contribution in [0.5, 0.6) is 46.0 Å². The minimum atomic E-state index is -0.444. The quantitative estimate of drug-likeness (QED) is 0.0113. The van der Waals surface area contributed by atoms with E-state index in [4.69, 9.17) is 71.3 Å². The van der Waals surface area contributed by atoms with Gasteiger partial charge in [0.15, 0.2) is 11.5 Å². The monoisotopic (exact) mass is 1740 g/mol. The molecule has 2 saturated carbocycles. The van der Waals surface area contributed by atoms with Gasteiger partial charge in [-0.05, 0) is 268 Å². The Hall–Kier alpha value is -12.2. The van der Waals surface area contributed by atoms with Crippen molar-refractivity contribution < 1.29 is 114 Å². The molecule has 0 bridgehead atoms. The number of hydrogen-bond acceptors (Lipinski definition) is 27. The molecule has 0 saturated heterocycles. The van der Waals surface area contributed by atoms with Crippen LogP contribution in [0, 0.1) is 23.7 Å². The van der Waals surface area contributed by atoms with Gasteiger partial charge in [0.2, 0.25) is 0 Å². The van der Waals surface area contributed by atoms with Crippen molar-refractivity contribution in [2.75, 3.05) is 81.3 Å². The summed E-state index contributed by atoms with van der Waals surface area (Å²) < 4.78 is 73.5. The topological polar surface area (TPSA) is 313 Å². The van der Waals surface area contributed by atoms with Crippen LogP contribution in [0.1, 0.15) is 163 Å². The number of thiophene rings is 1. The maximum Gasteiger partial charge on any atom is 0.338 e. The molecule has 0 atom stereocenters. The highest BCUT2D eigenvalue weighted by molar-refractivity contribution is 7.22. The van der Waals surface area contributed by atoms with E-state index < -0.39 is 11.9 Å². The Morgan fingerprint density at radius 2 is 0.661 bits per heavy atom. The van der Waals surface area contributed by atoms with Gasteiger partial charge in [0.1, 0.15) is 61.3 Å². The number of ether oxygens (including phenoxy) is 14. The van der Waals surface area contributed by atoms with Crippen molar-refractivity contribution in [3.63, 3.8) is 0 Å². The summed E-state index contributed by atoms with van der Waals surface area (Å²) in [5, 5.41) is 2.77. The molecule has 25 nitrogen and oxygen atoms in total. The first-order chi connectivity index (χ1) is 60.1. The molecular weight excluding hydrogens is 1630 g/mol. The molecule has 0 unspecified atom stereocenters. The second kappa shape index (κ2) is 57.9. The Kier molecular flexibility index (Phi) is 47.0.